The summed E-state index contributed by atoms with van der Waals surface area (Å²) in [4.78, 5) is 0. The first-order valence-corrected chi connectivity index (χ1v) is 8.97. The zero-order valence-electron chi connectivity index (χ0n) is 11.5. The molecule has 3 rings (SSSR count). The summed E-state index contributed by atoms with van der Waals surface area (Å²) in [5, 5.41) is 0. The van der Waals surface area contributed by atoms with Gasteiger partial charge in [-0.25, -0.2) is 8.78 Å². The molecule has 0 saturated heterocycles. The summed E-state index contributed by atoms with van der Waals surface area (Å²) in [6, 6.07) is 16.2. The lowest BCUT2D eigenvalue weighted by Gasteiger charge is -2.12. The van der Waals surface area contributed by atoms with Crippen LogP contribution < -0.4 is 0 Å². The zero-order valence-corrected chi connectivity index (χ0v) is 16.3. The Bertz CT molecular complexity index is 891. The van der Waals surface area contributed by atoms with Gasteiger partial charge in [0.2, 0.25) is 0 Å². The molecule has 0 amide bonds. The minimum absolute atomic E-state index is 0.331. The largest absolute Gasteiger partial charge is 0.206 e. The summed E-state index contributed by atoms with van der Waals surface area (Å²) in [6.07, 6.45) is 0. The van der Waals surface area contributed by atoms with Crippen LogP contribution in [0.25, 0.3) is 22.3 Å². The van der Waals surface area contributed by atoms with Gasteiger partial charge >= 0.3 is 0 Å². The zero-order chi connectivity index (χ0) is 16.6. The smallest absolute Gasteiger partial charge is 0.137 e. The molecule has 0 spiro atoms. The normalized spacial score (nSPS) is 10.8. The van der Waals surface area contributed by atoms with E-state index in [1.54, 1.807) is 12.1 Å². The molecule has 3 aromatic carbocycles. The van der Waals surface area contributed by atoms with Gasteiger partial charge in [0.1, 0.15) is 11.6 Å². The molecular formula is C18H8Br3F2. The van der Waals surface area contributed by atoms with Crippen molar-refractivity contribution in [2.45, 2.75) is 0 Å². The van der Waals surface area contributed by atoms with E-state index in [1.165, 1.54) is 12.1 Å². The third-order valence-corrected chi connectivity index (χ3v) is 5.47. The highest BCUT2D eigenvalue weighted by Gasteiger charge is 2.15. The molecule has 3 aromatic rings. The van der Waals surface area contributed by atoms with Crippen LogP contribution in [0.3, 0.4) is 0 Å². The number of halogens is 5. The molecule has 0 heterocycles. The molecule has 0 unspecified atom stereocenters. The van der Waals surface area contributed by atoms with Crippen LogP contribution in [-0.4, -0.2) is 0 Å². The summed E-state index contributed by atoms with van der Waals surface area (Å²) in [5.74, 6) is -0.840. The van der Waals surface area contributed by atoms with Crippen LogP contribution in [0.5, 0.6) is 0 Å². The van der Waals surface area contributed by atoms with E-state index >= 15 is 0 Å². The Labute approximate surface area is 157 Å². The predicted octanol–water partition coefficient (Wildman–Crippen LogP) is 7.39. The van der Waals surface area contributed by atoms with Crippen LogP contribution in [0.2, 0.25) is 0 Å². The summed E-state index contributed by atoms with van der Waals surface area (Å²) >= 11 is 10.2. The summed E-state index contributed by atoms with van der Waals surface area (Å²) in [5.41, 5.74) is 2.76. The van der Waals surface area contributed by atoms with Crippen LogP contribution in [-0.2, 0) is 0 Å². The monoisotopic (exact) mass is 499 g/mol. The van der Waals surface area contributed by atoms with Crippen LogP contribution in [0.15, 0.2) is 61.9 Å². The second kappa shape index (κ2) is 6.83. The SMILES string of the molecule is Fc1[c]c(-c2ccccc2Br)c(Br)c(-c2ccc(F)c(Br)c2)c1. The van der Waals surface area contributed by atoms with E-state index in [0.717, 1.165) is 10.0 Å². The fraction of sp³-hybridized carbons (Fsp3) is 0. The van der Waals surface area contributed by atoms with Gasteiger partial charge in [0, 0.05) is 20.6 Å². The Balaban J connectivity index is 2.24. The highest BCUT2D eigenvalue weighted by Crippen LogP contribution is 2.40. The molecule has 0 N–H and O–H groups in total. The van der Waals surface area contributed by atoms with Crippen LogP contribution in [0, 0.1) is 17.7 Å². The third kappa shape index (κ3) is 3.42. The van der Waals surface area contributed by atoms with Gasteiger partial charge in [0.25, 0.3) is 0 Å². The Hall–Kier alpha value is -1.04. The van der Waals surface area contributed by atoms with E-state index in [1.807, 2.05) is 24.3 Å². The van der Waals surface area contributed by atoms with E-state index in [4.69, 9.17) is 0 Å². The van der Waals surface area contributed by atoms with Gasteiger partial charge in [-0.15, -0.1) is 0 Å². The molecule has 0 nitrogen and oxygen atoms in total. The Kier molecular flexibility index (Phi) is 4.99. The fourth-order valence-corrected chi connectivity index (χ4v) is 3.78. The average molecular weight is 502 g/mol. The number of benzene rings is 3. The minimum Gasteiger partial charge on any atom is -0.206 e. The number of hydrogen-bond donors (Lipinski definition) is 0. The van der Waals surface area contributed by atoms with Gasteiger partial charge in [-0.3, -0.25) is 0 Å². The van der Waals surface area contributed by atoms with Crippen LogP contribution in [0.4, 0.5) is 8.78 Å². The number of rotatable bonds is 2. The first-order chi connectivity index (χ1) is 11.0. The van der Waals surface area contributed by atoms with Crippen molar-refractivity contribution in [3.63, 3.8) is 0 Å². The quantitative estimate of drug-likeness (QED) is 0.343. The van der Waals surface area contributed by atoms with Gasteiger partial charge in [0.05, 0.1) is 4.47 Å². The minimum atomic E-state index is -0.477. The topological polar surface area (TPSA) is 0 Å². The summed E-state index contributed by atoms with van der Waals surface area (Å²) in [6.45, 7) is 0. The van der Waals surface area contributed by atoms with Crippen molar-refractivity contribution in [1.29, 1.82) is 0 Å². The van der Waals surface area contributed by atoms with E-state index < -0.39 is 5.82 Å². The summed E-state index contributed by atoms with van der Waals surface area (Å²) in [7, 11) is 0. The first-order valence-electron chi connectivity index (χ1n) is 6.59. The van der Waals surface area contributed by atoms with Crippen LogP contribution >= 0.6 is 47.8 Å². The van der Waals surface area contributed by atoms with Crippen LogP contribution in [0.1, 0.15) is 0 Å². The van der Waals surface area contributed by atoms with E-state index in [9.17, 15) is 8.78 Å². The predicted molar refractivity (Wildman–Crippen MR) is 99.2 cm³/mol. The molecule has 0 aliphatic heterocycles. The van der Waals surface area contributed by atoms with E-state index in [-0.39, 0.29) is 5.82 Å². The fourth-order valence-electron chi connectivity index (χ4n) is 2.26. The van der Waals surface area contributed by atoms with Gasteiger partial charge in [-0.05, 0) is 72.8 Å². The van der Waals surface area contributed by atoms with Gasteiger partial charge in [-0.2, -0.15) is 0 Å². The summed E-state index contributed by atoms with van der Waals surface area (Å²) < 4.78 is 29.4. The van der Waals surface area contributed by atoms with Crippen molar-refractivity contribution in [3.8, 4) is 22.3 Å². The maximum atomic E-state index is 14.1. The Morgan fingerprint density at radius 2 is 1.52 bits per heavy atom. The molecule has 5 heteroatoms. The molecule has 0 bridgehead atoms. The molecule has 0 aromatic heterocycles. The highest BCUT2D eigenvalue weighted by atomic mass is 79.9. The van der Waals surface area contributed by atoms with Crippen molar-refractivity contribution in [2.75, 3.05) is 0 Å². The lowest BCUT2D eigenvalue weighted by molar-refractivity contribution is 0.621. The van der Waals surface area contributed by atoms with Crippen molar-refractivity contribution < 1.29 is 8.78 Å². The molecule has 1 radical (unpaired) electrons. The molecule has 0 aliphatic rings. The van der Waals surface area contributed by atoms with Gasteiger partial charge in [0.15, 0.2) is 0 Å². The standard InChI is InChI=1S/C18H8Br3F2/c19-15-4-2-1-3-12(15)14-9-11(22)8-13(18(14)21)10-5-6-17(23)16(20)7-10/h1-8H. The molecule has 0 atom stereocenters. The Morgan fingerprint density at radius 3 is 2.22 bits per heavy atom. The van der Waals surface area contributed by atoms with Crippen molar-refractivity contribution in [2.24, 2.45) is 0 Å². The third-order valence-electron chi connectivity index (χ3n) is 3.35. The second-order valence-electron chi connectivity index (χ2n) is 4.83. The van der Waals surface area contributed by atoms with E-state index in [0.29, 0.717) is 25.6 Å². The lowest BCUT2D eigenvalue weighted by atomic mass is 9.98. The van der Waals surface area contributed by atoms with Gasteiger partial charge in [-0.1, -0.05) is 40.2 Å². The second-order valence-corrected chi connectivity index (χ2v) is 7.33. The lowest BCUT2D eigenvalue weighted by Crippen LogP contribution is -1.90. The molecule has 0 saturated carbocycles. The van der Waals surface area contributed by atoms with Crippen molar-refractivity contribution in [1.82, 2.24) is 0 Å². The Morgan fingerprint density at radius 1 is 0.783 bits per heavy atom. The first kappa shape index (κ1) is 16.8. The molecule has 0 aliphatic carbocycles. The maximum absolute atomic E-state index is 14.1. The molecule has 115 valence electrons. The van der Waals surface area contributed by atoms with Crippen molar-refractivity contribution in [3.05, 3.63) is 79.6 Å². The van der Waals surface area contributed by atoms with Crippen molar-refractivity contribution >= 4 is 47.8 Å². The molecule has 0 fully saturated rings. The average Bonchev–Trinajstić information content (AvgIpc) is 2.53. The molecule has 23 heavy (non-hydrogen) atoms. The molecular weight excluding hydrogens is 494 g/mol. The number of hydrogen-bond acceptors (Lipinski definition) is 0. The van der Waals surface area contributed by atoms with Gasteiger partial charge < -0.3 is 0 Å². The highest BCUT2D eigenvalue weighted by molar-refractivity contribution is 9.11. The maximum Gasteiger partial charge on any atom is 0.137 e. The van der Waals surface area contributed by atoms with E-state index in [2.05, 4.69) is 53.9 Å².